The predicted molar refractivity (Wildman–Crippen MR) is 51.4 cm³/mol. The topological polar surface area (TPSA) is 0 Å². The second-order valence-electron chi connectivity index (χ2n) is 3.10. The lowest BCUT2D eigenvalue weighted by atomic mass is 9.89. The summed E-state index contributed by atoms with van der Waals surface area (Å²) in [6.07, 6.45) is 2.19. The lowest BCUT2D eigenvalue weighted by molar-refractivity contribution is 0.367. The van der Waals surface area contributed by atoms with Gasteiger partial charge < -0.3 is 0 Å². The maximum absolute atomic E-state index is 4.46. The van der Waals surface area contributed by atoms with Gasteiger partial charge in [-0.3, -0.25) is 0 Å². The molecule has 0 aromatic heterocycles. The van der Waals surface area contributed by atoms with Crippen LogP contribution in [-0.4, -0.2) is 5.25 Å². The van der Waals surface area contributed by atoms with Gasteiger partial charge in [0.05, 0.1) is 0 Å². The van der Waals surface area contributed by atoms with Gasteiger partial charge >= 0.3 is 0 Å². The fraction of sp³-hybridized carbons (Fsp3) is 0.889. The number of rotatable bonds is 4. The van der Waals surface area contributed by atoms with Gasteiger partial charge in [0, 0.05) is 5.25 Å². The van der Waals surface area contributed by atoms with Gasteiger partial charge in [-0.15, -0.1) is 0 Å². The van der Waals surface area contributed by atoms with E-state index in [1.54, 1.807) is 0 Å². The van der Waals surface area contributed by atoms with Gasteiger partial charge in [0.25, 0.3) is 0 Å². The molecule has 0 aliphatic rings. The van der Waals surface area contributed by atoms with Crippen LogP contribution in [0, 0.1) is 18.8 Å². The van der Waals surface area contributed by atoms with Crippen LogP contribution in [0.25, 0.3) is 0 Å². The van der Waals surface area contributed by atoms with Crippen molar-refractivity contribution in [2.45, 2.75) is 38.9 Å². The number of hydrogen-bond donors (Lipinski definition) is 1. The molecule has 0 fully saturated rings. The van der Waals surface area contributed by atoms with Gasteiger partial charge in [0.15, 0.2) is 0 Å². The molecule has 0 aromatic carbocycles. The lowest BCUT2D eigenvalue weighted by Crippen LogP contribution is -2.17. The molecule has 0 bridgehead atoms. The summed E-state index contributed by atoms with van der Waals surface area (Å²) < 4.78 is 0. The predicted octanol–water partition coefficient (Wildman–Crippen LogP) is 3.19. The van der Waals surface area contributed by atoms with Crippen LogP contribution in [0.3, 0.4) is 0 Å². The summed E-state index contributed by atoms with van der Waals surface area (Å²) in [6, 6.07) is 0. The molecule has 0 nitrogen and oxygen atoms in total. The Morgan fingerprint density at radius 1 is 1.40 bits per heavy atom. The molecule has 61 valence electrons. The highest BCUT2D eigenvalue weighted by molar-refractivity contribution is 7.81. The first-order valence-electron chi connectivity index (χ1n) is 4.10. The molecule has 0 saturated carbocycles. The van der Waals surface area contributed by atoms with Gasteiger partial charge in [-0.2, -0.15) is 12.6 Å². The normalized spacial score (nSPS) is 20.1. The molecular formula is C9H19S. The van der Waals surface area contributed by atoms with Crippen molar-refractivity contribution >= 4 is 12.6 Å². The maximum Gasteiger partial charge on any atom is 0.00449 e. The summed E-state index contributed by atoms with van der Waals surface area (Å²) in [5, 5.41) is 0.481. The van der Waals surface area contributed by atoms with E-state index in [1.165, 1.54) is 6.42 Å². The third kappa shape index (κ3) is 2.96. The molecule has 1 heteroatoms. The highest BCUT2D eigenvalue weighted by atomic mass is 32.1. The van der Waals surface area contributed by atoms with E-state index in [2.05, 4.69) is 40.3 Å². The first-order chi connectivity index (χ1) is 4.63. The minimum atomic E-state index is 0.481. The standard InChI is InChI=1S/C9H19S/c1-5-7(3)8(4)9(10)6-2/h7-10H,2,5-6H2,1,3-4H3. The monoisotopic (exact) mass is 159 g/mol. The summed E-state index contributed by atoms with van der Waals surface area (Å²) in [4.78, 5) is 0. The molecule has 0 amide bonds. The highest BCUT2D eigenvalue weighted by Crippen LogP contribution is 2.23. The summed E-state index contributed by atoms with van der Waals surface area (Å²) >= 11 is 4.46. The Balaban J connectivity index is 3.69. The molecule has 0 rings (SSSR count). The van der Waals surface area contributed by atoms with Crippen molar-refractivity contribution in [2.75, 3.05) is 0 Å². The Hall–Kier alpha value is 0.350. The molecule has 1 radical (unpaired) electrons. The van der Waals surface area contributed by atoms with E-state index in [4.69, 9.17) is 0 Å². The summed E-state index contributed by atoms with van der Waals surface area (Å²) in [6.45, 7) is 10.6. The molecule has 10 heavy (non-hydrogen) atoms. The second kappa shape index (κ2) is 5.06. The number of hydrogen-bond acceptors (Lipinski definition) is 1. The van der Waals surface area contributed by atoms with Gasteiger partial charge in [0.2, 0.25) is 0 Å². The van der Waals surface area contributed by atoms with E-state index in [1.807, 2.05) is 0 Å². The lowest BCUT2D eigenvalue weighted by Gasteiger charge is -2.23. The molecule has 0 saturated heterocycles. The van der Waals surface area contributed by atoms with Crippen LogP contribution in [0.4, 0.5) is 0 Å². The Labute approximate surface area is 70.8 Å². The minimum absolute atomic E-state index is 0.481. The third-order valence-corrected chi connectivity index (χ3v) is 3.17. The summed E-state index contributed by atoms with van der Waals surface area (Å²) in [5.41, 5.74) is 0. The van der Waals surface area contributed by atoms with Crippen molar-refractivity contribution < 1.29 is 0 Å². The Morgan fingerprint density at radius 2 is 1.90 bits per heavy atom. The van der Waals surface area contributed by atoms with E-state index in [-0.39, 0.29) is 0 Å². The molecule has 0 aliphatic heterocycles. The Bertz CT molecular complexity index is 70.8. The SMILES string of the molecule is [CH2]CC(S)C(C)C(C)CC. The van der Waals surface area contributed by atoms with Crippen LogP contribution in [0.5, 0.6) is 0 Å². The molecular weight excluding hydrogens is 140 g/mol. The van der Waals surface area contributed by atoms with Crippen LogP contribution in [0.1, 0.15) is 33.6 Å². The smallest absolute Gasteiger partial charge is 0.00449 e. The third-order valence-electron chi connectivity index (χ3n) is 2.44. The zero-order chi connectivity index (χ0) is 8.15. The molecule has 0 heterocycles. The summed E-state index contributed by atoms with van der Waals surface area (Å²) in [7, 11) is 0. The van der Waals surface area contributed by atoms with Crippen LogP contribution in [0.2, 0.25) is 0 Å². The van der Waals surface area contributed by atoms with Crippen molar-refractivity contribution in [1.82, 2.24) is 0 Å². The summed E-state index contributed by atoms with van der Waals surface area (Å²) in [5.74, 6) is 1.48. The van der Waals surface area contributed by atoms with Gasteiger partial charge in [-0.1, -0.05) is 34.1 Å². The van der Waals surface area contributed by atoms with Gasteiger partial charge in [0.1, 0.15) is 0 Å². The average Bonchev–Trinajstić information content (AvgIpc) is 2.00. The molecule has 0 N–H and O–H groups in total. The zero-order valence-corrected chi connectivity index (χ0v) is 8.20. The Kier molecular flexibility index (Phi) is 5.24. The van der Waals surface area contributed by atoms with E-state index < -0.39 is 0 Å². The van der Waals surface area contributed by atoms with E-state index in [0.717, 1.165) is 12.3 Å². The van der Waals surface area contributed by atoms with Crippen LogP contribution < -0.4 is 0 Å². The first kappa shape index (κ1) is 10.3. The van der Waals surface area contributed by atoms with Crippen molar-refractivity contribution in [2.24, 2.45) is 11.8 Å². The van der Waals surface area contributed by atoms with E-state index in [0.29, 0.717) is 11.2 Å². The van der Waals surface area contributed by atoms with Crippen LogP contribution >= 0.6 is 12.6 Å². The molecule has 0 spiro atoms. The van der Waals surface area contributed by atoms with Crippen molar-refractivity contribution in [3.05, 3.63) is 6.92 Å². The largest absolute Gasteiger partial charge is 0.176 e. The maximum atomic E-state index is 4.46. The Morgan fingerprint density at radius 3 is 2.20 bits per heavy atom. The van der Waals surface area contributed by atoms with Crippen molar-refractivity contribution in [3.8, 4) is 0 Å². The molecule has 3 unspecified atom stereocenters. The fourth-order valence-electron chi connectivity index (χ4n) is 1.01. The fourth-order valence-corrected chi connectivity index (χ4v) is 1.31. The van der Waals surface area contributed by atoms with E-state index in [9.17, 15) is 0 Å². The van der Waals surface area contributed by atoms with E-state index >= 15 is 0 Å². The zero-order valence-electron chi connectivity index (χ0n) is 7.30. The van der Waals surface area contributed by atoms with Crippen LogP contribution in [-0.2, 0) is 0 Å². The quantitative estimate of drug-likeness (QED) is 0.598. The van der Waals surface area contributed by atoms with Gasteiger partial charge in [-0.05, 0) is 18.3 Å². The number of thiol groups is 1. The molecule has 3 atom stereocenters. The van der Waals surface area contributed by atoms with Gasteiger partial charge in [-0.25, -0.2) is 0 Å². The van der Waals surface area contributed by atoms with Crippen LogP contribution in [0.15, 0.2) is 0 Å². The highest BCUT2D eigenvalue weighted by Gasteiger charge is 2.16. The average molecular weight is 159 g/mol. The molecule has 0 aliphatic carbocycles. The first-order valence-corrected chi connectivity index (χ1v) is 4.62. The molecule has 0 aromatic rings. The van der Waals surface area contributed by atoms with Crippen molar-refractivity contribution in [3.63, 3.8) is 0 Å². The second-order valence-corrected chi connectivity index (χ2v) is 3.76. The minimum Gasteiger partial charge on any atom is -0.176 e. The van der Waals surface area contributed by atoms with Crippen molar-refractivity contribution in [1.29, 1.82) is 0 Å².